The van der Waals surface area contributed by atoms with Crippen molar-refractivity contribution in [3.05, 3.63) is 35.4 Å². The molecule has 0 amide bonds. The van der Waals surface area contributed by atoms with Gasteiger partial charge in [-0.3, -0.25) is 4.68 Å². The first-order chi connectivity index (χ1) is 9.87. The van der Waals surface area contributed by atoms with E-state index in [1.807, 2.05) is 19.9 Å². The van der Waals surface area contributed by atoms with E-state index < -0.39 is 9.84 Å². The maximum atomic E-state index is 12.4. The van der Waals surface area contributed by atoms with Crippen LogP contribution in [0.5, 0.6) is 0 Å². The third-order valence-corrected chi connectivity index (χ3v) is 4.54. The van der Waals surface area contributed by atoms with Crippen molar-refractivity contribution >= 4 is 15.6 Å². The number of rotatable bonds is 3. The molecule has 0 saturated carbocycles. The predicted octanol–water partition coefficient (Wildman–Crippen LogP) is 0.449. The molecule has 0 unspecified atom stereocenters. The Morgan fingerprint density at radius 3 is 2.67 bits per heavy atom. The van der Waals surface area contributed by atoms with Gasteiger partial charge >= 0.3 is 0 Å². The molecule has 0 aromatic carbocycles. The fraction of sp³-hybridized carbons (Fsp3) is 0.333. The smallest absolute Gasteiger partial charge is 0.269 e. The van der Waals surface area contributed by atoms with E-state index in [9.17, 15) is 8.42 Å². The average molecular weight is 306 g/mol. The zero-order valence-corrected chi connectivity index (χ0v) is 12.7. The number of sulfone groups is 1. The quantitative estimate of drug-likeness (QED) is 0.697. The van der Waals surface area contributed by atoms with Gasteiger partial charge < -0.3 is 0 Å². The molecule has 3 aromatic rings. The Morgan fingerprint density at radius 2 is 2.00 bits per heavy atom. The molecule has 0 aliphatic heterocycles. The van der Waals surface area contributed by atoms with E-state index in [4.69, 9.17) is 0 Å². The van der Waals surface area contributed by atoms with Gasteiger partial charge in [-0.15, -0.1) is 5.10 Å². The number of aromatic nitrogens is 6. The lowest BCUT2D eigenvalue weighted by Gasteiger charge is -2.00. The van der Waals surface area contributed by atoms with Gasteiger partial charge in [0.25, 0.3) is 10.9 Å². The predicted molar refractivity (Wildman–Crippen MR) is 74.4 cm³/mol. The normalized spacial score (nSPS) is 12.1. The van der Waals surface area contributed by atoms with Crippen LogP contribution in [0.25, 0.3) is 5.78 Å². The Bertz CT molecular complexity index is 925. The molecule has 9 heteroatoms. The van der Waals surface area contributed by atoms with Crippen molar-refractivity contribution in [2.45, 2.75) is 24.8 Å². The Labute approximate surface area is 121 Å². The first-order valence-electron chi connectivity index (χ1n) is 6.27. The molecule has 0 N–H and O–H groups in total. The standard InChI is InChI=1S/C12H14N6O2S/c1-8-6-9(2)18-11(14-8)15-12(16-18)21(19,20)7-10-4-5-13-17(10)3/h4-6H,7H2,1-3H3. The van der Waals surface area contributed by atoms with Gasteiger partial charge in [-0.1, -0.05) is 0 Å². The minimum atomic E-state index is -3.64. The van der Waals surface area contributed by atoms with Crippen LogP contribution >= 0.6 is 0 Å². The minimum Gasteiger partial charge on any atom is -0.272 e. The molecule has 3 aromatic heterocycles. The van der Waals surface area contributed by atoms with E-state index in [1.54, 1.807) is 19.3 Å². The summed E-state index contributed by atoms with van der Waals surface area (Å²) < 4.78 is 27.8. The first-order valence-corrected chi connectivity index (χ1v) is 7.93. The van der Waals surface area contributed by atoms with Crippen molar-refractivity contribution in [3.63, 3.8) is 0 Å². The van der Waals surface area contributed by atoms with Crippen LogP contribution in [0.4, 0.5) is 0 Å². The summed E-state index contributed by atoms with van der Waals surface area (Å²) in [6.45, 7) is 3.65. The molecule has 0 aliphatic rings. The van der Waals surface area contributed by atoms with E-state index in [2.05, 4.69) is 20.2 Å². The van der Waals surface area contributed by atoms with Gasteiger partial charge in [-0.25, -0.2) is 17.9 Å². The van der Waals surface area contributed by atoms with Gasteiger partial charge in [0.2, 0.25) is 9.84 Å². The van der Waals surface area contributed by atoms with E-state index in [0.29, 0.717) is 5.69 Å². The molecule has 0 bridgehead atoms. The van der Waals surface area contributed by atoms with Crippen molar-refractivity contribution in [2.75, 3.05) is 0 Å². The number of aryl methyl sites for hydroxylation is 3. The second-order valence-electron chi connectivity index (χ2n) is 4.85. The van der Waals surface area contributed by atoms with E-state index in [1.165, 1.54) is 9.20 Å². The SMILES string of the molecule is Cc1cc(C)n2nc(S(=O)(=O)Cc3ccnn3C)nc2n1. The maximum absolute atomic E-state index is 12.4. The highest BCUT2D eigenvalue weighted by molar-refractivity contribution is 7.90. The van der Waals surface area contributed by atoms with Crippen LogP contribution < -0.4 is 0 Å². The largest absolute Gasteiger partial charge is 0.272 e. The van der Waals surface area contributed by atoms with Crippen LogP contribution in [0.15, 0.2) is 23.5 Å². The Hall–Kier alpha value is -2.29. The van der Waals surface area contributed by atoms with Crippen molar-refractivity contribution < 1.29 is 8.42 Å². The Kier molecular flexibility index (Phi) is 3.01. The van der Waals surface area contributed by atoms with Crippen LogP contribution in [-0.2, 0) is 22.6 Å². The van der Waals surface area contributed by atoms with Crippen molar-refractivity contribution in [1.82, 2.24) is 29.4 Å². The summed E-state index contributed by atoms with van der Waals surface area (Å²) in [6.07, 6.45) is 1.55. The summed E-state index contributed by atoms with van der Waals surface area (Å²) in [5.41, 5.74) is 2.13. The number of nitrogens with zero attached hydrogens (tertiary/aromatic N) is 6. The van der Waals surface area contributed by atoms with Crippen LogP contribution in [-0.4, -0.2) is 37.8 Å². The summed E-state index contributed by atoms with van der Waals surface area (Å²) in [6, 6.07) is 3.47. The molecule has 8 nitrogen and oxygen atoms in total. The molecule has 0 spiro atoms. The fourth-order valence-corrected chi connectivity index (χ4v) is 3.31. The average Bonchev–Trinajstić information content (AvgIpc) is 2.96. The molecular formula is C12H14N6O2S. The maximum Gasteiger partial charge on any atom is 0.269 e. The molecular weight excluding hydrogens is 292 g/mol. The summed E-state index contributed by atoms with van der Waals surface area (Å²) in [7, 11) is -1.95. The second-order valence-corrected chi connectivity index (χ2v) is 6.73. The lowest BCUT2D eigenvalue weighted by molar-refractivity contribution is 0.582. The highest BCUT2D eigenvalue weighted by Crippen LogP contribution is 2.14. The fourth-order valence-electron chi connectivity index (χ4n) is 2.08. The van der Waals surface area contributed by atoms with Gasteiger partial charge in [-0.05, 0) is 26.0 Å². The summed E-state index contributed by atoms with van der Waals surface area (Å²) >= 11 is 0. The highest BCUT2D eigenvalue weighted by atomic mass is 32.2. The van der Waals surface area contributed by atoms with E-state index in [0.717, 1.165) is 11.4 Å². The van der Waals surface area contributed by atoms with Gasteiger partial charge in [0, 0.05) is 24.6 Å². The van der Waals surface area contributed by atoms with Gasteiger partial charge in [0.1, 0.15) is 0 Å². The van der Waals surface area contributed by atoms with Crippen molar-refractivity contribution in [1.29, 1.82) is 0 Å². The minimum absolute atomic E-state index is 0.196. The summed E-state index contributed by atoms with van der Waals surface area (Å²) in [5, 5.41) is 7.80. The molecule has 3 heterocycles. The van der Waals surface area contributed by atoms with Gasteiger partial charge in [0.05, 0.1) is 11.4 Å². The first kappa shape index (κ1) is 13.7. The lowest BCUT2D eigenvalue weighted by atomic mass is 10.4. The monoisotopic (exact) mass is 306 g/mol. The summed E-state index contributed by atoms with van der Waals surface area (Å²) in [4.78, 5) is 8.23. The Balaban J connectivity index is 2.07. The van der Waals surface area contributed by atoms with Crippen LogP contribution in [0.1, 0.15) is 17.1 Å². The summed E-state index contributed by atoms with van der Waals surface area (Å²) in [5.74, 6) is 0.0920. The van der Waals surface area contributed by atoms with Crippen molar-refractivity contribution in [3.8, 4) is 0 Å². The van der Waals surface area contributed by atoms with E-state index in [-0.39, 0.29) is 16.7 Å². The molecule has 0 aliphatic carbocycles. The molecule has 3 rings (SSSR count). The van der Waals surface area contributed by atoms with E-state index >= 15 is 0 Å². The van der Waals surface area contributed by atoms with Crippen LogP contribution in [0.2, 0.25) is 0 Å². The third-order valence-electron chi connectivity index (χ3n) is 3.14. The molecule has 110 valence electrons. The molecule has 0 fully saturated rings. The molecule has 0 saturated heterocycles. The lowest BCUT2D eigenvalue weighted by Crippen LogP contribution is -2.10. The Morgan fingerprint density at radius 1 is 1.24 bits per heavy atom. The highest BCUT2D eigenvalue weighted by Gasteiger charge is 2.23. The molecule has 21 heavy (non-hydrogen) atoms. The second kappa shape index (κ2) is 4.62. The number of hydrogen-bond donors (Lipinski definition) is 0. The van der Waals surface area contributed by atoms with Gasteiger partial charge in [-0.2, -0.15) is 10.1 Å². The topological polar surface area (TPSA) is 95.0 Å². The van der Waals surface area contributed by atoms with Crippen molar-refractivity contribution in [2.24, 2.45) is 7.05 Å². The van der Waals surface area contributed by atoms with Crippen LogP contribution in [0.3, 0.4) is 0 Å². The molecule has 0 atom stereocenters. The number of hydrogen-bond acceptors (Lipinski definition) is 6. The molecule has 0 radical (unpaired) electrons. The van der Waals surface area contributed by atoms with Crippen LogP contribution in [0, 0.1) is 13.8 Å². The number of fused-ring (bicyclic) bond motifs is 1. The van der Waals surface area contributed by atoms with Gasteiger partial charge in [0.15, 0.2) is 0 Å². The third kappa shape index (κ3) is 2.40. The zero-order valence-electron chi connectivity index (χ0n) is 11.8. The zero-order chi connectivity index (χ0) is 15.2.